The number of unbranched alkanes of at least 4 members (excludes halogenated alkanes) is 1. The number of carbonyl (C=O) groups excluding carboxylic acids is 1. The Hall–Kier alpha value is -4.16. The summed E-state index contributed by atoms with van der Waals surface area (Å²) >= 11 is 3.31. The Morgan fingerprint density at radius 1 is 1.02 bits per heavy atom. The van der Waals surface area contributed by atoms with Gasteiger partial charge in [-0.3, -0.25) is 10.1 Å². The summed E-state index contributed by atoms with van der Waals surface area (Å²) < 4.78 is 48.3. The summed E-state index contributed by atoms with van der Waals surface area (Å²) in [5.41, 5.74) is 1.18. The minimum Gasteiger partial charge on any atom is -0.426 e. The normalized spacial score (nSPS) is 11.4. The number of rotatable bonds is 13. The molecule has 0 saturated carbocycles. The number of anilines is 3. The van der Waals surface area contributed by atoms with Crippen LogP contribution < -0.4 is 25.7 Å². The van der Waals surface area contributed by atoms with Gasteiger partial charge in [-0.2, -0.15) is 13.2 Å². The average Bonchev–Trinajstić information content (AvgIpc) is 2.97. The van der Waals surface area contributed by atoms with Crippen LogP contribution in [0.15, 0.2) is 77.4 Å². The van der Waals surface area contributed by atoms with Gasteiger partial charge in [0.2, 0.25) is 5.91 Å². The highest BCUT2D eigenvalue weighted by Crippen LogP contribution is 2.39. The van der Waals surface area contributed by atoms with Crippen molar-refractivity contribution in [3.63, 3.8) is 0 Å². The molecule has 3 aromatic carbocycles. The lowest BCUT2D eigenvalue weighted by Crippen LogP contribution is -2.22. The second-order valence-corrected chi connectivity index (χ2v) is 11.4. The van der Waals surface area contributed by atoms with Crippen molar-refractivity contribution in [1.29, 1.82) is 0 Å². The minimum atomic E-state index is -4.57. The maximum absolute atomic E-state index is 13.9. The van der Waals surface area contributed by atoms with Gasteiger partial charge in [0.1, 0.15) is 5.75 Å². The number of alkyl halides is 3. The number of nitrogens with zero attached hydrogens (tertiary/aromatic N) is 2. The summed E-state index contributed by atoms with van der Waals surface area (Å²) in [6, 6.07) is 17.5. The van der Waals surface area contributed by atoms with Crippen LogP contribution in [0.4, 0.5) is 30.5 Å². The molecule has 232 valence electrons. The second kappa shape index (κ2) is 15.0. The maximum atomic E-state index is 13.9. The molecule has 4 rings (SSSR count). The van der Waals surface area contributed by atoms with Gasteiger partial charge in [-0.1, -0.05) is 34.1 Å². The molecule has 1 amide bonds. The summed E-state index contributed by atoms with van der Waals surface area (Å²) in [5.74, 6) is 1.14. The van der Waals surface area contributed by atoms with Crippen molar-refractivity contribution in [3.05, 3.63) is 88.5 Å². The number of halogens is 4. The first-order chi connectivity index (χ1) is 21.0. The molecular weight excluding hydrogens is 637 g/mol. The van der Waals surface area contributed by atoms with E-state index < -0.39 is 17.6 Å². The van der Waals surface area contributed by atoms with Crippen molar-refractivity contribution < 1.29 is 27.7 Å². The molecule has 0 saturated heterocycles. The maximum Gasteiger partial charge on any atom is 0.417 e. The van der Waals surface area contributed by atoms with E-state index in [0.717, 1.165) is 37.6 Å². The van der Waals surface area contributed by atoms with E-state index in [1.54, 1.807) is 54.7 Å². The molecule has 4 N–H and O–H groups in total. The topological polar surface area (TPSA) is 92.7 Å². The van der Waals surface area contributed by atoms with E-state index in [4.69, 9.17) is 4.74 Å². The first-order valence-corrected chi connectivity index (χ1v) is 14.8. The van der Waals surface area contributed by atoms with Gasteiger partial charge in [0.25, 0.3) is 0 Å². The summed E-state index contributed by atoms with van der Waals surface area (Å²) in [6.07, 6.45) is -0.747. The molecule has 1 aromatic heterocycles. The number of aryl methyl sites for hydroxylation is 1. The van der Waals surface area contributed by atoms with Crippen LogP contribution in [-0.4, -0.2) is 49.5 Å². The van der Waals surface area contributed by atoms with Crippen LogP contribution in [-0.2, 0) is 11.0 Å². The second-order valence-electron chi connectivity index (χ2n) is 10.5. The zero-order valence-electron chi connectivity index (χ0n) is 24.7. The number of ether oxygens (including phenoxy) is 1. The quantitative estimate of drug-likeness (QED) is 0.130. The van der Waals surface area contributed by atoms with Crippen LogP contribution in [0.2, 0.25) is 0 Å². The first-order valence-electron chi connectivity index (χ1n) is 14.0. The van der Waals surface area contributed by atoms with E-state index in [-0.39, 0.29) is 17.8 Å². The van der Waals surface area contributed by atoms with E-state index in [0.29, 0.717) is 33.3 Å². The zero-order valence-corrected chi connectivity index (χ0v) is 26.3. The van der Waals surface area contributed by atoms with Crippen molar-refractivity contribution in [1.82, 2.24) is 9.88 Å². The summed E-state index contributed by atoms with van der Waals surface area (Å²) in [4.78, 5) is 22.3. The van der Waals surface area contributed by atoms with Crippen molar-refractivity contribution in [2.45, 2.75) is 25.9 Å². The molecule has 8 nitrogen and oxygen atoms in total. The van der Waals surface area contributed by atoms with Crippen molar-refractivity contribution in [3.8, 4) is 22.8 Å². The fraction of sp³-hybridized carbons (Fsp3) is 0.281. The molecule has 0 aliphatic heterocycles. The number of hydrogen-bond donors (Lipinski definition) is 3. The van der Waals surface area contributed by atoms with Crippen molar-refractivity contribution in [2.24, 2.45) is 0 Å². The van der Waals surface area contributed by atoms with Gasteiger partial charge in [0.15, 0.2) is 0 Å². The Balaban J connectivity index is 1.33. The monoisotopic (exact) mass is 671 g/mol. The van der Waals surface area contributed by atoms with E-state index in [9.17, 15) is 18.0 Å². The molecule has 0 radical (unpaired) electrons. The van der Waals surface area contributed by atoms with Crippen LogP contribution in [0.3, 0.4) is 0 Å². The molecule has 0 fully saturated rings. The van der Waals surface area contributed by atoms with E-state index in [1.807, 2.05) is 21.0 Å². The zero-order chi connectivity index (χ0) is 31.7. The highest BCUT2D eigenvalue weighted by atomic mass is 79.9. The number of H-pyrrole nitrogens is 1. The van der Waals surface area contributed by atoms with Gasteiger partial charge in [-0.05, 0) is 105 Å². The van der Waals surface area contributed by atoms with Crippen LogP contribution in [0.25, 0.3) is 11.1 Å². The number of hydrogen-bond acceptors (Lipinski definition) is 6. The van der Waals surface area contributed by atoms with Gasteiger partial charge in [-0.15, -0.1) is 0 Å². The molecular formula is C32H35BrF3N6O2+. The lowest BCUT2D eigenvalue weighted by Gasteiger charge is -2.16. The van der Waals surface area contributed by atoms with Gasteiger partial charge in [0, 0.05) is 15.8 Å². The molecule has 0 aliphatic rings. The van der Waals surface area contributed by atoms with Crippen molar-refractivity contribution in [2.75, 3.05) is 49.7 Å². The molecule has 4 aromatic rings. The van der Waals surface area contributed by atoms with Crippen molar-refractivity contribution >= 4 is 39.2 Å². The predicted molar refractivity (Wildman–Crippen MR) is 170 cm³/mol. The van der Waals surface area contributed by atoms with E-state index >= 15 is 0 Å². The van der Waals surface area contributed by atoms with Crippen LogP contribution in [0.1, 0.15) is 24.0 Å². The van der Waals surface area contributed by atoms with E-state index in [2.05, 4.69) is 46.7 Å². The Labute approximate surface area is 263 Å². The highest BCUT2D eigenvalue weighted by molar-refractivity contribution is 9.10. The smallest absolute Gasteiger partial charge is 0.417 e. The largest absolute Gasteiger partial charge is 0.426 e. The number of amides is 1. The fourth-order valence-electron chi connectivity index (χ4n) is 4.41. The number of benzene rings is 3. The van der Waals surface area contributed by atoms with Gasteiger partial charge in [-0.25, -0.2) is 4.98 Å². The number of nitrogens with one attached hydrogen (secondary N) is 4. The third-order valence-corrected chi connectivity index (χ3v) is 7.09. The molecule has 44 heavy (non-hydrogen) atoms. The molecule has 0 aliphatic carbocycles. The Bertz CT molecular complexity index is 1580. The SMILES string of the molecule is Cc1cc(Oc2cc[nH+]c(NCCCCN(C)C)n2)ccc1NC(=O)CNc1ccc(-c2cccc(Br)c2)c(C(F)(F)F)c1. The molecule has 0 spiro atoms. The summed E-state index contributed by atoms with van der Waals surface area (Å²) in [5, 5.41) is 8.85. The first kappa shape index (κ1) is 32.7. The molecule has 0 unspecified atom stereocenters. The predicted octanol–water partition coefficient (Wildman–Crippen LogP) is 7.25. The van der Waals surface area contributed by atoms with Crippen LogP contribution >= 0.6 is 15.9 Å². The third-order valence-electron chi connectivity index (χ3n) is 6.60. The molecule has 0 bridgehead atoms. The fourth-order valence-corrected chi connectivity index (χ4v) is 4.81. The summed E-state index contributed by atoms with van der Waals surface area (Å²) in [6.45, 7) is 3.40. The third kappa shape index (κ3) is 9.68. The van der Waals surface area contributed by atoms with Gasteiger partial charge in [0.05, 0.1) is 30.9 Å². The lowest BCUT2D eigenvalue weighted by molar-refractivity contribution is -0.365. The molecule has 1 heterocycles. The Morgan fingerprint density at radius 3 is 2.57 bits per heavy atom. The minimum absolute atomic E-state index is 0.0543. The Kier molecular flexibility index (Phi) is 11.2. The number of carbonyl (C=O) groups is 1. The van der Waals surface area contributed by atoms with Gasteiger partial charge >= 0.3 is 18.0 Å². The van der Waals surface area contributed by atoms with Crippen LogP contribution in [0.5, 0.6) is 11.6 Å². The standard InChI is InChI=1S/C32H34BrF3N6O2/c1-21-17-25(44-30-13-15-38-31(41-30)37-14-4-5-16-42(2)3)10-12-28(21)40-29(43)20-39-24-9-11-26(27(19-24)32(34,35)36)22-7-6-8-23(33)18-22/h6-13,15,17-19,39H,4-5,14,16,20H2,1-3H3,(H,40,43)(H,37,38,41)/p+1. The Morgan fingerprint density at radius 2 is 1.84 bits per heavy atom. The number of aromatic nitrogens is 2. The van der Waals surface area contributed by atoms with Crippen LogP contribution in [0, 0.1) is 6.92 Å². The molecule has 12 heteroatoms. The molecule has 0 atom stereocenters. The number of aromatic amines is 1. The summed E-state index contributed by atoms with van der Waals surface area (Å²) in [7, 11) is 4.10. The van der Waals surface area contributed by atoms with E-state index in [1.165, 1.54) is 12.1 Å². The highest BCUT2D eigenvalue weighted by Gasteiger charge is 2.34. The average molecular weight is 673 g/mol. The lowest BCUT2D eigenvalue weighted by atomic mass is 9.98. The van der Waals surface area contributed by atoms with Gasteiger partial charge < -0.3 is 20.3 Å².